The number of rotatable bonds is 3. The second kappa shape index (κ2) is 5.75. The fourth-order valence-corrected chi connectivity index (χ4v) is 3.64. The number of fused-ring (bicyclic) bond motifs is 1. The van der Waals surface area contributed by atoms with Gasteiger partial charge in [0.25, 0.3) is 0 Å². The van der Waals surface area contributed by atoms with Gasteiger partial charge in [-0.3, -0.25) is 4.98 Å². The zero-order chi connectivity index (χ0) is 16.8. The van der Waals surface area contributed by atoms with Crippen LogP contribution in [0, 0.1) is 6.92 Å². The number of anilines is 1. The standard InChI is InChI=1S/C18H21N7/c1-12-10-19-11-17(20-12)24-8-6-14(7-9-24)18-22-21-16-5-4-15(13-2-3-13)23-25(16)18/h4-5,10-11,13-14H,2-3,6-9H2,1H3. The van der Waals surface area contributed by atoms with Gasteiger partial charge in [0.1, 0.15) is 5.82 Å². The van der Waals surface area contributed by atoms with Crippen molar-refractivity contribution < 1.29 is 0 Å². The van der Waals surface area contributed by atoms with Crippen molar-refractivity contribution >= 4 is 11.5 Å². The fraction of sp³-hybridized carbons (Fsp3) is 0.500. The summed E-state index contributed by atoms with van der Waals surface area (Å²) in [7, 11) is 0. The van der Waals surface area contributed by atoms with Crippen LogP contribution in [0.3, 0.4) is 0 Å². The third-order valence-electron chi connectivity index (χ3n) is 5.23. The smallest absolute Gasteiger partial charge is 0.177 e. The van der Waals surface area contributed by atoms with Gasteiger partial charge in [0.15, 0.2) is 11.5 Å². The van der Waals surface area contributed by atoms with Gasteiger partial charge in [-0.1, -0.05) is 0 Å². The van der Waals surface area contributed by atoms with Crippen molar-refractivity contribution in [3.05, 3.63) is 41.7 Å². The van der Waals surface area contributed by atoms with E-state index in [1.807, 2.05) is 17.6 Å². The highest BCUT2D eigenvalue weighted by atomic mass is 15.4. The topological polar surface area (TPSA) is 72.1 Å². The average molecular weight is 335 g/mol. The van der Waals surface area contributed by atoms with Gasteiger partial charge in [-0.05, 0) is 44.7 Å². The van der Waals surface area contributed by atoms with Crippen LogP contribution in [0.5, 0.6) is 0 Å². The van der Waals surface area contributed by atoms with E-state index in [0.717, 1.165) is 48.9 Å². The van der Waals surface area contributed by atoms with Gasteiger partial charge < -0.3 is 4.90 Å². The molecule has 0 spiro atoms. The molecule has 1 saturated carbocycles. The van der Waals surface area contributed by atoms with Gasteiger partial charge in [0.2, 0.25) is 0 Å². The van der Waals surface area contributed by atoms with Crippen LogP contribution in [0.2, 0.25) is 0 Å². The van der Waals surface area contributed by atoms with E-state index in [-0.39, 0.29) is 0 Å². The van der Waals surface area contributed by atoms with Crippen LogP contribution in [-0.2, 0) is 0 Å². The molecule has 4 heterocycles. The third kappa shape index (κ3) is 2.73. The molecule has 0 N–H and O–H groups in total. The summed E-state index contributed by atoms with van der Waals surface area (Å²) >= 11 is 0. The first-order chi connectivity index (χ1) is 12.3. The van der Waals surface area contributed by atoms with E-state index >= 15 is 0 Å². The van der Waals surface area contributed by atoms with Crippen LogP contribution in [0.4, 0.5) is 5.82 Å². The summed E-state index contributed by atoms with van der Waals surface area (Å²) in [5.74, 6) is 3.01. The Labute approximate surface area is 146 Å². The summed E-state index contributed by atoms with van der Waals surface area (Å²) in [5.41, 5.74) is 2.99. The zero-order valence-corrected chi connectivity index (χ0v) is 14.3. The fourth-order valence-electron chi connectivity index (χ4n) is 3.64. The Morgan fingerprint density at radius 2 is 1.80 bits per heavy atom. The molecule has 1 aliphatic carbocycles. The predicted octanol–water partition coefficient (Wildman–Crippen LogP) is 2.48. The quantitative estimate of drug-likeness (QED) is 0.732. The molecular weight excluding hydrogens is 314 g/mol. The van der Waals surface area contributed by atoms with E-state index in [9.17, 15) is 0 Å². The van der Waals surface area contributed by atoms with Crippen molar-refractivity contribution in [2.75, 3.05) is 18.0 Å². The molecule has 3 aromatic rings. The van der Waals surface area contributed by atoms with Gasteiger partial charge in [0, 0.05) is 31.1 Å². The molecule has 2 aliphatic rings. The molecule has 25 heavy (non-hydrogen) atoms. The van der Waals surface area contributed by atoms with Gasteiger partial charge >= 0.3 is 0 Å². The van der Waals surface area contributed by atoms with Crippen LogP contribution >= 0.6 is 0 Å². The largest absolute Gasteiger partial charge is 0.355 e. The number of piperidine rings is 1. The highest BCUT2D eigenvalue weighted by Gasteiger charge is 2.28. The number of hydrogen-bond donors (Lipinski definition) is 0. The van der Waals surface area contributed by atoms with Crippen LogP contribution < -0.4 is 4.90 Å². The molecule has 7 nitrogen and oxygen atoms in total. The summed E-state index contributed by atoms with van der Waals surface area (Å²) in [6.45, 7) is 3.90. The molecule has 5 rings (SSSR count). The average Bonchev–Trinajstić information content (AvgIpc) is 3.41. The lowest BCUT2D eigenvalue weighted by Crippen LogP contribution is -2.34. The Bertz CT molecular complexity index is 907. The molecule has 0 amide bonds. The van der Waals surface area contributed by atoms with Crippen LogP contribution in [0.25, 0.3) is 5.65 Å². The van der Waals surface area contributed by atoms with Crippen LogP contribution in [0.1, 0.15) is 54.7 Å². The highest BCUT2D eigenvalue weighted by molar-refractivity contribution is 5.39. The molecule has 128 valence electrons. The van der Waals surface area contributed by atoms with E-state index in [0.29, 0.717) is 11.8 Å². The lowest BCUT2D eigenvalue weighted by Gasteiger charge is -2.31. The summed E-state index contributed by atoms with van der Waals surface area (Å²) in [6, 6.07) is 4.15. The molecule has 0 atom stereocenters. The first-order valence-corrected chi connectivity index (χ1v) is 9.04. The Balaban J connectivity index is 1.37. The lowest BCUT2D eigenvalue weighted by atomic mass is 9.96. The van der Waals surface area contributed by atoms with Gasteiger partial charge in [-0.15, -0.1) is 10.2 Å². The Morgan fingerprint density at radius 3 is 2.56 bits per heavy atom. The van der Waals surface area contributed by atoms with E-state index in [4.69, 9.17) is 5.10 Å². The second-order valence-corrected chi connectivity index (χ2v) is 7.14. The Morgan fingerprint density at radius 1 is 0.960 bits per heavy atom. The molecule has 1 aliphatic heterocycles. The molecule has 2 fully saturated rings. The van der Waals surface area contributed by atoms with E-state index < -0.39 is 0 Å². The Hall–Kier alpha value is -2.57. The number of hydrogen-bond acceptors (Lipinski definition) is 6. The number of nitrogens with zero attached hydrogens (tertiary/aromatic N) is 7. The normalized spacial score (nSPS) is 18.8. The molecule has 3 aromatic heterocycles. The molecule has 0 aromatic carbocycles. The van der Waals surface area contributed by atoms with Crippen molar-refractivity contribution in [2.24, 2.45) is 0 Å². The number of aromatic nitrogens is 6. The van der Waals surface area contributed by atoms with Gasteiger partial charge in [0.05, 0.1) is 17.6 Å². The molecular formula is C18H21N7. The molecule has 0 bridgehead atoms. The summed E-state index contributed by atoms with van der Waals surface area (Å²) in [6.07, 6.45) is 8.22. The van der Waals surface area contributed by atoms with Crippen molar-refractivity contribution in [3.8, 4) is 0 Å². The van der Waals surface area contributed by atoms with Crippen LogP contribution in [-0.4, -0.2) is 42.9 Å². The Kier molecular flexibility index (Phi) is 3.39. The third-order valence-corrected chi connectivity index (χ3v) is 5.23. The lowest BCUT2D eigenvalue weighted by molar-refractivity contribution is 0.474. The van der Waals surface area contributed by atoms with Crippen molar-refractivity contribution in [2.45, 2.75) is 44.4 Å². The van der Waals surface area contributed by atoms with Crippen molar-refractivity contribution in [1.29, 1.82) is 0 Å². The summed E-state index contributed by atoms with van der Waals surface area (Å²) in [4.78, 5) is 11.2. The van der Waals surface area contributed by atoms with E-state index in [1.165, 1.54) is 18.5 Å². The molecule has 1 saturated heterocycles. The second-order valence-electron chi connectivity index (χ2n) is 7.14. The highest BCUT2D eigenvalue weighted by Crippen LogP contribution is 2.39. The summed E-state index contributed by atoms with van der Waals surface area (Å²) < 4.78 is 1.97. The maximum atomic E-state index is 4.82. The van der Waals surface area contributed by atoms with Crippen LogP contribution in [0.15, 0.2) is 24.5 Å². The summed E-state index contributed by atoms with van der Waals surface area (Å²) in [5, 5.41) is 13.6. The van der Waals surface area contributed by atoms with Crippen molar-refractivity contribution in [1.82, 2.24) is 29.8 Å². The SMILES string of the molecule is Cc1cncc(N2CCC(c3nnc4ccc(C5CC5)nn34)CC2)n1. The first kappa shape index (κ1) is 14.7. The predicted molar refractivity (Wildman–Crippen MR) is 93.7 cm³/mol. The van der Waals surface area contributed by atoms with Gasteiger partial charge in [-0.25, -0.2) is 4.98 Å². The molecule has 0 unspecified atom stereocenters. The van der Waals surface area contributed by atoms with E-state index in [1.54, 1.807) is 6.20 Å². The molecule has 7 heteroatoms. The maximum absolute atomic E-state index is 4.82. The monoisotopic (exact) mass is 335 g/mol. The van der Waals surface area contributed by atoms with Gasteiger partial charge in [-0.2, -0.15) is 9.61 Å². The minimum Gasteiger partial charge on any atom is -0.355 e. The minimum absolute atomic E-state index is 0.394. The molecule has 0 radical (unpaired) electrons. The number of aryl methyl sites for hydroxylation is 1. The van der Waals surface area contributed by atoms with E-state index in [2.05, 4.69) is 37.2 Å². The zero-order valence-electron chi connectivity index (χ0n) is 14.3. The first-order valence-electron chi connectivity index (χ1n) is 9.04. The maximum Gasteiger partial charge on any atom is 0.177 e. The van der Waals surface area contributed by atoms with Crippen molar-refractivity contribution in [3.63, 3.8) is 0 Å². The minimum atomic E-state index is 0.394.